The van der Waals surface area contributed by atoms with E-state index in [1.807, 2.05) is 0 Å². The van der Waals surface area contributed by atoms with Crippen LogP contribution in [0.25, 0.3) is 0 Å². The second-order valence-corrected chi connectivity index (χ2v) is 11.9. The van der Waals surface area contributed by atoms with Crippen LogP contribution in [-0.4, -0.2) is 124 Å². The minimum Gasteiger partial charge on any atom is -0.390 e. The Kier molecular flexibility index (Phi) is 12.9. The Hall–Kier alpha value is -0.170. The van der Waals surface area contributed by atoms with Crippen molar-refractivity contribution in [2.45, 2.75) is 131 Å². The van der Waals surface area contributed by atoms with Crippen molar-refractivity contribution in [3.05, 3.63) is 0 Å². The molecule has 0 spiro atoms. The Bertz CT molecular complexity index is 704. The largest absolute Gasteiger partial charge is 0.390 e. The van der Waals surface area contributed by atoms with E-state index in [0.717, 1.165) is 25.0 Å². The summed E-state index contributed by atoms with van der Waals surface area (Å²) in [5, 5.41) is 42.6. The molecule has 0 aromatic carbocycles. The van der Waals surface area contributed by atoms with Crippen LogP contribution in [0, 0.1) is 0 Å². The number of thioether (sulfide) groups is 1. The fourth-order valence-corrected chi connectivity index (χ4v) is 6.33. The third-order valence-electron chi connectivity index (χ3n) is 7.66. The summed E-state index contributed by atoms with van der Waals surface area (Å²) >= 11 is 1.65. The topological polar surface area (TPSA) is 248 Å². The van der Waals surface area contributed by atoms with E-state index in [1.54, 1.807) is 11.8 Å². The van der Waals surface area contributed by atoms with Gasteiger partial charge in [0.15, 0.2) is 12.6 Å². The average molecular weight is 568 g/mol. The Labute approximate surface area is 229 Å². The monoisotopic (exact) mass is 567 g/mol. The Balaban J connectivity index is 1.62. The third-order valence-corrected chi connectivity index (χ3v) is 8.80. The molecule has 3 aliphatic rings. The van der Waals surface area contributed by atoms with Crippen molar-refractivity contribution in [3.63, 3.8) is 0 Å². The van der Waals surface area contributed by atoms with E-state index in [-0.39, 0.29) is 19.4 Å². The van der Waals surface area contributed by atoms with Crippen LogP contribution >= 0.6 is 11.8 Å². The summed E-state index contributed by atoms with van der Waals surface area (Å²) in [6, 6.07) is -3.01. The van der Waals surface area contributed by atoms with Gasteiger partial charge in [-0.2, -0.15) is 11.8 Å². The molecule has 3 rings (SSSR count). The molecule has 2 heterocycles. The van der Waals surface area contributed by atoms with Gasteiger partial charge in [0.25, 0.3) is 0 Å². The molecule has 1 saturated carbocycles. The van der Waals surface area contributed by atoms with Crippen LogP contribution in [0.2, 0.25) is 0 Å². The minimum atomic E-state index is -1.34. The van der Waals surface area contributed by atoms with Crippen LogP contribution in [0.1, 0.15) is 45.4 Å². The van der Waals surface area contributed by atoms with Gasteiger partial charge in [-0.3, -0.25) is 0 Å². The standard InChI is InChI=1S/C24H49N5O8S/c1-2-3-4-5-6-38-10-16-18(31)17(29)19(32)24(35-16)37-22-12(27)7-11(26)21(20(22)33)36-23-13(28)8-14(30)15(9-25)34-23/h11-24,30-33H,2-10,25-29H2,1H3/t11-,12+,13+,14-,15+,16+,17-,18+,19+,20-,21+,22-,23+,24+/m0/s1. The van der Waals surface area contributed by atoms with E-state index in [4.69, 9.17) is 47.6 Å². The molecule has 14 N–H and O–H groups in total. The van der Waals surface area contributed by atoms with Gasteiger partial charge in [0.05, 0.1) is 36.5 Å². The first kappa shape index (κ1) is 32.3. The van der Waals surface area contributed by atoms with Crippen LogP contribution in [0.5, 0.6) is 0 Å². The number of aliphatic hydroxyl groups is 4. The van der Waals surface area contributed by atoms with Crippen molar-refractivity contribution in [1.29, 1.82) is 0 Å². The molecule has 13 nitrogen and oxygen atoms in total. The van der Waals surface area contributed by atoms with Crippen molar-refractivity contribution >= 4 is 11.8 Å². The van der Waals surface area contributed by atoms with Crippen molar-refractivity contribution in [2.24, 2.45) is 28.7 Å². The maximum absolute atomic E-state index is 11.2. The lowest BCUT2D eigenvalue weighted by Gasteiger charge is -2.48. The van der Waals surface area contributed by atoms with E-state index >= 15 is 0 Å². The fraction of sp³-hybridized carbons (Fsp3) is 1.00. The third kappa shape index (κ3) is 7.97. The van der Waals surface area contributed by atoms with Gasteiger partial charge in [0.2, 0.25) is 0 Å². The molecule has 0 bridgehead atoms. The van der Waals surface area contributed by atoms with E-state index in [9.17, 15) is 20.4 Å². The number of hydrogen-bond donors (Lipinski definition) is 9. The van der Waals surface area contributed by atoms with Crippen LogP contribution in [0.4, 0.5) is 0 Å². The maximum atomic E-state index is 11.2. The quantitative estimate of drug-likeness (QED) is 0.107. The average Bonchev–Trinajstić information content (AvgIpc) is 2.88. The molecule has 2 saturated heterocycles. The van der Waals surface area contributed by atoms with Crippen molar-refractivity contribution < 1.29 is 39.4 Å². The predicted octanol–water partition coefficient (Wildman–Crippen LogP) is -2.97. The van der Waals surface area contributed by atoms with Crippen LogP contribution in [-0.2, 0) is 18.9 Å². The normalized spacial score (nSPS) is 46.3. The summed E-state index contributed by atoms with van der Waals surface area (Å²) in [5.74, 6) is 1.40. The van der Waals surface area contributed by atoms with E-state index in [2.05, 4.69) is 6.92 Å². The highest BCUT2D eigenvalue weighted by Gasteiger charge is 2.50. The summed E-state index contributed by atoms with van der Waals surface area (Å²) < 4.78 is 23.7. The molecule has 0 radical (unpaired) electrons. The summed E-state index contributed by atoms with van der Waals surface area (Å²) in [7, 11) is 0. The van der Waals surface area contributed by atoms with Gasteiger partial charge in [0, 0.05) is 24.4 Å². The molecule has 38 heavy (non-hydrogen) atoms. The Morgan fingerprint density at radius 3 is 2.03 bits per heavy atom. The molecule has 0 amide bonds. The lowest BCUT2D eigenvalue weighted by molar-refractivity contribution is -0.309. The van der Waals surface area contributed by atoms with Gasteiger partial charge >= 0.3 is 0 Å². The number of unbranched alkanes of at least 4 members (excludes halogenated alkanes) is 3. The van der Waals surface area contributed by atoms with Crippen LogP contribution in [0.3, 0.4) is 0 Å². The van der Waals surface area contributed by atoms with Crippen LogP contribution in [0.15, 0.2) is 0 Å². The van der Waals surface area contributed by atoms with E-state index in [0.29, 0.717) is 5.75 Å². The lowest BCUT2D eigenvalue weighted by Crippen LogP contribution is -2.68. The molecule has 0 aromatic heterocycles. The van der Waals surface area contributed by atoms with Gasteiger partial charge < -0.3 is 68.0 Å². The lowest BCUT2D eigenvalue weighted by atomic mass is 9.84. The highest BCUT2D eigenvalue weighted by molar-refractivity contribution is 7.99. The number of nitrogens with two attached hydrogens (primary N) is 5. The molecule has 0 unspecified atom stereocenters. The molecule has 224 valence electrons. The van der Waals surface area contributed by atoms with Gasteiger partial charge in [0.1, 0.15) is 24.4 Å². The summed E-state index contributed by atoms with van der Waals surface area (Å²) in [5.41, 5.74) is 30.5. The number of ether oxygens (including phenoxy) is 4. The first-order valence-electron chi connectivity index (χ1n) is 13.7. The molecule has 3 fully saturated rings. The summed E-state index contributed by atoms with van der Waals surface area (Å²) in [6.45, 7) is 2.23. The molecular formula is C24H49N5O8S. The van der Waals surface area contributed by atoms with Crippen LogP contribution < -0.4 is 28.7 Å². The Morgan fingerprint density at radius 2 is 1.39 bits per heavy atom. The predicted molar refractivity (Wildman–Crippen MR) is 143 cm³/mol. The zero-order valence-electron chi connectivity index (χ0n) is 22.2. The zero-order valence-corrected chi connectivity index (χ0v) is 23.0. The molecule has 14 heteroatoms. The van der Waals surface area contributed by atoms with Crippen molar-refractivity contribution in [2.75, 3.05) is 18.1 Å². The van der Waals surface area contributed by atoms with E-state index < -0.39 is 85.6 Å². The van der Waals surface area contributed by atoms with Crippen molar-refractivity contribution in [1.82, 2.24) is 0 Å². The van der Waals surface area contributed by atoms with Gasteiger partial charge in [-0.1, -0.05) is 26.2 Å². The summed E-state index contributed by atoms with van der Waals surface area (Å²) in [6.07, 6.45) is -4.99. The number of hydrogen-bond acceptors (Lipinski definition) is 14. The number of aliphatic hydroxyl groups excluding tert-OH is 4. The first-order valence-corrected chi connectivity index (χ1v) is 14.9. The van der Waals surface area contributed by atoms with Gasteiger partial charge in [-0.25, -0.2) is 0 Å². The Morgan fingerprint density at radius 1 is 0.763 bits per heavy atom. The molecular weight excluding hydrogens is 518 g/mol. The first-order chi connectivity index (χ1) is 18.1. The molecule has 1 aliphatic carbocycles. The second kappa shape index (κ2) is 15.2. The zero-order chi connectivity index (χ0) is 28.0. The highest BCUT2D eigenvalue weighted by Crippen LogP contribution is 2.31. The van der Waals surface area contributed by atoms with Gasteiger partial charge in [-0.15, -0.1) is 0 Å². The minimum absolute atomic E-state index is 0.0742. The molecule has 14 atom stereocenters. The fourth-order valence-electron chi connectivity index (χ4n) is 5.25. The maximum Gasteiger partial charge on any atom is 0.186 e. The summed E-state index contributed by atoms with van der Waals surface area (Å²) in [4.78, 5) is 0. The number of rotatable bonds is 12. The van der Waals surface area contributed by atoms with Crippen molar-refractivity contribution in [3.8, 4) is 0 Å². The molecule has 2 aliphatic heterocycles. The van der Waals surface area contributed by atoms with Gasteiger partial charge in [-0.05, 0) is 25.0 Å². The SMILES string of the molecule is CCCCCCSC[C@H]1O[C@H](O[C@@H]2[C@@H](O)[C@H](O[C@H]3O[C@H](CN)[C@@H](O)C[C@H]3N)[C@@H](N)C[C@H]2N)[C@H](O)[C@@H](N)[C@@H]1O. The smallest absolute Gasteiger partial charge is 0.186 e. The second-order valence-electron chi connectivity index (χ2n) is 10.7. The van der Waals surface area contributed by atoms with E-state index in [1.165, 1.54) is 6.42 Å². The highest BCUT2D eigenvalue weighted by atomic mass is 32.2. The molecule has 0 aromatic rings.